The van der Waals surface area contributed by atoms with E-state index in [-0.39, 0.29) is 0 Å². The van der Waals surface area contributed by atoms with Crippen molar-refractivity contribution in [2.75, 3.05) is 18.1 Å². The molecule has 1 N–H and O–H groups in total. The van der Waals surface area contributed by atoms with Crippen LogP contribution in [0.4, 0.5) is 0 Å². The topological polar surface area (TPSA) is 20.2 Å². The molecule has 0 unspecified atom stereocenters. The normalized spacial score (nSPS) is 11.1. The van der Waals surface area contributed by atoms with Crippen molar-refractivity contribution in [3.63, 3.8) is 0 Å². The molecular formula is C11H24OS2. The van der Waals surface area contributed by atoms with Gasteiger partial charge in [0.2, 0.25) is 0 Å². The Labute approximate surface area is 97.4 Å². The van der Waals surface area contributed by atoms with E-state index in [1.807, 2.05) is 0 Å². The Morgan fingerprint density at radius 3 is 2.00 bits per heavy atom. The quantitative estimate of drug-likeness (QED) is 0.461. The van der Waals surface area contributed by atoms with Crippen molar-refractivity contribution < 1.29 is 5.11 Å². The number of aliphatic hydroxyl groups excluding tert-OH is 1. The molecule has 0 fully saturated rings. The van der Waals surface area contributed by atoms with Gasteiger partial charge in [0, 0.05) is 6.61 Å². The fourth-order valence-corrected chi connectivity index (χ4v) is 3.76. The van der Waals surface area contributed by atoms with Crippen LogP contribution in [0, 0.1) is 0 Å². The van der Waals surface area contributed by atoms with Gasteiger partial charge in [0.15, 0.2) is 0 Å². The van der Waals surface area contributed by atoms with E-state index in [1.54, 1.807) is 0 Å². The first-order valence-corrected chi connectivity index (χ1v) is 7.78. The fourth-order valence-electron chi connectivity index (χ4n) is 1.14. The van der Waals surface area contributed by atoms with Crippen molar-refractivity contribution in [2.45, 2.75) is 50.5 Å². The molecule has 0 heterocycles. The Hall–Kier alpha value is 0.660. The molecule has 14 heavy (non-hydrogen) atoms. The summed E-state index contributed by atoms with van der Waals surface area (Å²) in [5, 5.41) is 8.72. The van der Waals surface area contributed by atoms with Crippen LogP contribution in [0.2, 0.25) is 0 Å². The van der Waals surface area contributed by atoms with E-state index in [9.17, 15) is 0 Å². The molecule has 0 atom stereocenters. The summed E-state index contributed by atoms with van der Waals surface area (Å²) in [4.78, 5) is 0. The molecule has 0 saturated heterocycles. The molecular weight excluding hydrogens is 212 g/mol. The highest BCUT2D eigenvalue weighted by Gasteiger charge is 2.07. The summed E-state index contributed by atoms with van der Waals surface area (Å²) < 4.78 is 0.765. The summed E-state index contributed by atoms with van der Waals surface area (Å²) in [6.45, 7) is 4.83. The lowest BCUT2D eigenvalue weighted by Crippen LogP contribution is -2.00. The Bertz CT molecular complexity index is 101. The van der Waals surface area contributed by atoms with Crippen LogP contribution in [0.1, 0.15) is 46.0 Å². The molecule has 0 spiro atoms. The van der Waals surface area contributed by atoms with Gasteiger partial charge in [-0.05, 0) is 43.6 Å². The van der Waals surface area contributed by atoms with Crippen LogP contribution < -0.4 is 0 Å². The van der Waals surface area contributed by atoms with Gasteiger partial charge in [-0.15, -0.1) is 23.5 Å². The summed E-state index contributed by atoms with van der Waals surface area (Å²) >= 11 is 4.19. The Morgan fingerprint density at radius 1 is 1.00 bits per heavy atom. The van der Waals surface area contributed by atoms with Gasteiger partial charge >= 0.3 is 0 Å². The van der Waals surface area contributed by atoms with Crippen LogP contribution in [0.5, 0.6) is 0 Å². The number of unbranched alkanes of at least 4 members (excludes halogenated alkanes) is 1. The second-order valence-corrected chi connectivity index (χ2v) is 6.31. The minimum atomic E-state index is 0.351. The molecule has 0 amide bonds. The van der Waals surface area contributed by atoms with E-state index < -0.39 is 0 Å². The molecule has 0 aromatic carbocycles. The molecule has 0 aliphatic rings. The monoisotopic (exact) mass is 236 g/mol. The fraction of sp³-hybridized carbons (Fsp3) is 1.00. The molecule has 0 radical (unpaired) electrons. The van der Waals surface area contributed by atoms with Gasteiger partial charge in [0.05, 0.1) is 4.58 Å². The van der Waals surface area contributed by atoms with Crippen molar-refractivity contribution >= 4 is 23.5 Å². The molecule has 0 aromatic heterocycles. The smallest absolute Gasteiger partial charge is 0.0502 e. The van der Waals surface area contributed by atoms with E-state index in [2.05, 4.69) is 37.4 Å². The maximum atomic E-state index is 8.72. The van der Waals surface area contributed by atoms with Gasteiger partial charge < -0.3 is 5.11 Å². The van der Waals surface area contributed by atoms with Gasteiger partial charge in [-0.1, -0.05) is 13.8 Å². The number of hydrogen-bond acceptors (Lipinski definition) is 3. The summed E-state index contributed by atoms with van der Waals surface area (Å²) in [5.41, 5.74) is 0. The molecule has 0 rings (SSSR count). The number of aliphatic hydroxyl groups is 1. The highest BCUT2D eigenvalue weighted by Crippen LogP contribution is 2.29. The van der Waals surface area contributed by atoms with Crippen LogP contribution in [-0.4, -0.2) is 27.8 Å². The number of hydrogen-bond donors (Lipinski definition) is 1. The largest absolute Gasteiger partial charge is 0.396 e. The third-order valence-electron chi connectivity index (χ3n) is 1.86. The van der Waals surface area contributed by atoms with Crippen LogP contribution in [-0.2, 0) is 0 Å². The molecule has 0 saturated carbocycles. The third-order valence-corrected chi connectivity index (χ3v) is 5.18. The first-order chi connectivity index (χ1) is 6.85. The number of rotatable bonds is 10. The average Bonchev–Trinajstić information content (AvgIpc) is 2.21. The summed E-state index contributed by atoms with van der Waals surface area (Å²) in [7, 11) is 0. The zero-order chi connectivity index (χ0) is 10.6. The van der Waals surface area contributed by atoms with Gasteiger partial charge in [-0.3, -0.25) is 0 Å². The summed E-state index contributed by atoms with van der Waals surface area (Å²) in [6, 6.07) is 0. The zero-order valence-corrected chi connectivity index (χ0v) is 11.1. The third kappa shape index (κ3) is 9.22. The predicted octanol–water partition coefficient (Wildman–Crippen LogP) is 3.76. The second-order valence-electron chi connectivity index (χ2n) is 3.39. The second kappa shape index (κ2) is 11.7. The molecule has 1 nitrogen and oxygen atoms in total. The van der Waals surface area contributed by atoms with Crippen LogP contribution in [0.3, 0.4) is 0 Å². The van der Waals surface area contributed by atoms with E-state index >= 15 is 0 Å². The van der Waals surface area contributed by atoms with Crippen molar-refractivity contribution in [3.8, 4) is 0 Å². The first-order valence-electron chi connectivity index (χ1n) is 5.69. The SMILES string of the molecule is CCCSC(CCCCO)SCCC. The molecule has 86 valence electrons. The van der Waals surface area contributed by atoms with Crippen LogP contribution >= 0.6 is 23.5 Å². The van der Waals surface area contributed by atoms with E-state index in [4.69, 9.17) is 5.11 Å². The van der Waals surface area contributed by atoms with Crippen LogP contribution in [0.15, 0.2) is 0 Å². The molecule has 0 aromatic rings. The minimum absolute atomic E-state index is 0.351. The molecule has 0 bridgehead atoms. The highest BCUT2D eigenvalue weighted by atomic mass is 32.2. The first kappa shape index (κ1) is 14.7. The molecule has 3 heteroatoms. The van der Waals surface area contributed by atoms with Crippen molar-refractivity contribution in [1.29, 1.82) is 0 Å². The zero-order valence-electron chi connectivity index (χ0n) is 9.50. The van der Waals surface area contributed by atoms with Gasteiger partial charge in [0.1, 0.15) is 0 Å². The Kier molecular flexibility index (Phi) is 12.3. The van der Waals surface area contributed by atoms with E-state index in [1.165, 1.54) is 37.2 Å². The summed E-state index contributed by atoms with van der Waals surface area (Å²) in [6.07, 6.45) is 5.95. The molecule has 0 aliphatic heterocycles. The average molecular weight is 236 g/mol. The predicted molar refractivity (Wildman–Crippen MR) is 70.2 cm³/mol. The summed E-state index contributed by atoms with van der Waals surface area (Å²) in [5.74, 6) is 2.56. The van der Waals surface area contributed by atoms with Gasteiger partial charge in [0.25, 0.3) is 0 Å². The minimum Gasteiger partial charge on any atom is -0.396 e. The standard InChI is InChI=1S/C11H24OS2/c1-3-9-13-11(14-10-4-2)7-5-6-8-12/h11-12H,3-10H2,1-2H3. The lowest BCUT2D eigenvalue weighted by Gasteiger charge is -2.15. The van der Waals surface area contributed by atoms with Crippen LogP contribution in [0.25, 0.3) is 0 Å². The highest BCUT2D eigenvalue weighted by molar-refractivity contribution is 8.17. The van der Waals surface area contributed by atoms with Crippen molar-refractivity contribution in [3.05, 3.63) is 0 Å². The lowest BCUT2D eigenvalue weighted by atomic mass is 10.3. The van der Waals surface area contributed by atoms with Gasteiger partial charge in [-0.25, -0.2) is 0 Å². The Balaban J connectivity index is 3.49. The van der Waals surface area contributed by atoms with Crippen molar-refractivity contribution in [2.24, 2.45) is 0 Å². The molecule has 0 aliphatic carbocycles. The number of thioether (sulfide) groups is 2. The maximum absolute atomic E-state index is 8.72. The van der Waals surface area contributed by atoms with Crippen molar-refractivity contribution in [1.82, 2.24) is 0 Å². The van der Waals surface area contributed by atoms with Gasteiger partial charge in [-0.2, -0.15) is 0 Å². The Morgan fingerprint density at radius 2 is 1.57 bits per heavy atom. The van der Waals surface area contributed by atoms with E-state index in [0.29, 0.717) is 6.61 Å². The maximum Gasteiger partial charge on any atom is 0.0502 e. The van der Waals surface area contributed by atoms with E-state index in [0.717, 1.165) is 11.0 Å². The lowest BCUT2D eigenvalue weighted by molar-refractivity contribution is 0.284.